The van der Waals surface area contributed by atoms with Gasteiger partial charge in [-0.05, 0) is 35.9 Å². The molecule has 6 aromatic rings. The van der Waals surface area contributed by atoms with E-state index in [0.29, 0.717) is 28.4 Å². The monoisotopic (exact) mass is 511 g/mol. The van der Waals surface area contributed by atoms with Crippen LogP contribution in [0, 0.1) is 5.82 Å². The van der Waals surface area contributed by atoms with E-state index in [0.717, 1.165) is 16.9 Å². The van der Waals surface area contributed by atoms with Crippen molar-refractivity contribution in [3.63, 3.8) is 0 Å². The maximum absolute atomic E-state index is 14.7. The lowest BCUT2D eigenvalue weighted by Gasteiger charge is -2.19. The predicted octanol–water partition coefficient (Wildman–Crippen LogP) is 3.28. The molecule has 13 heteroatoms. The normalized spacial score (nSPS) is 12.1. The number of hydrogen-bond acceptors (Lipinski definition) is 9. The number of rotatable bonds is 7. The Kier molecular flexibility index (Phi) is 5.71. The molecule has 6 rings (SSSR count). The Balaban J connectivity index is 1.40. The first-order valence-corrected chi connectivity index (χ1v) is 11.6. The maximum atomic E-state index is 14.7. The molecule has 4 heterocycles. The Bertz CT molecular complexity index is 1760. The van der Waals surface area contributed by atoms with Gasteiger partial charge in [-0.25, -0.2) is 23.7 Å². The molecule has 2 aromatic carbocycles. The van der Waals surface area contributed by atoms with Crippen molar-refractivity contribution < 1.29 is 9.13 Å². The van der Waals surface area contributed by atoms with Gasteiger partial charge in [-0.15, -0.1) is 10.2 Å². The highest BCUT2D eigenvalue weighted by molar-refractivity contribution is 5.81. The second-order valence-corrected chi connectivity index (χ2v) is 8.55. The summed E-state index contributed by atoms with van der Waals surface area (Å²) < 4.78 is 24.8. The Morgan fingerprint density at radius 3 is 2.61 bits per heavy atom. The topological polar surface area (TPSA) is 126 Å². The van der Waals surface area contributed by atoms with Gasteiger partial charge in [0.1, 0.15) is 17.4 Å². The van der Waals surface area contributed by atoms with Crippen molar-refractivity contribution in [2.24, 2.45) is 14.1 Å². The minimum absolute atomic E-state index is 0.158. The van der Waals surface area contributed by atoms with Crippen molar-refractivity contribution in [2.45, 2.75) is 6.04 Å². The Hall–Kier alpha value is -5.20. The van der Waals surface area contributed by atoms with Gasteiger partial charge < -0.3 is 10.1 Å². The van der Waals surface area contributed by atoms with E-state index in [2.05, 4.69) is 41.0 Å². The fourth-order valence-electron chi connectivity index (χ4n) is 4.32. The molecule has 0 aliphatic heterocycles. The average molecular weight is 512 g/mol. The summed E-state index contributed by atoms with van der Waals surface area (Å²) in [6.07, 6.45) is 5.01. The third-order valence-electron chi connectivity index (χ3n) is 6.25. The first kappa shape index (κ1) is 23.2. The van der Waals surface area contributed by atoms with E-state index in [9.17, 15) is 4.39 Å². The summed E-state index contributed by atoms with van der Waals surface area (Å²) in [5.74, 6) is 0.897. The maximum Gasteiger partial charge on any atom is 0.228 e. The fraction of sp³-hybridized carbons (Fsp3) is 0.160. The first-order chi connectivity index (χ1) is 18.5. The van der Waals surface area contributed by atoms with Crippen LogP contribution in [-0.4, -0.2) is 56.8 Å². The molecule has 1 N–H and O–H groups in total. The van der Waals surface area contributed by atoms with Crippen LogP contribution in [-0.2, 0) is 14.1 Å². The number of ether oxygens (including phenoxy) is 1. The number of benzene rings is 2. The highest BCUT2D eigenvalue weighted by Gasteiger charge is 2.25. The van der Waals surface area contributed by atoms with Crippen molar-refractivity contribution in [3.8, 4) is 17.0 Å². The predicted molar refractivity (Wildman–Crippen MR) is 136 cm³/mol. The highest BCUT2D eigenvalue weighted by atomic mass is 19.1. The smallest absolute Gasteiger partial charge is 0.228 e. The van der Waals surface area contributed by atoms with Crippen molar-refractivity contribution in [1.29, 1.82) is 0 Å². The number of methoxy groups -OCH3 is 1. The molecule has 0 amide bonds. The average Bonchev–Trinajstić information content (AvgIpc) is 3.65. The van der Waals surface area contributed by atoms with Gasteiger partial charge in [0.05, 0.1) is 36.4 Å². The molecule has 0 saturated carbocycles. The minimum Gasteiger partial charge on any atom is -0.494 e. The van der Waals surface area contributed by atoms with Gasteiger partial charge >= 0.3 is 0 Å². The van der Waals surface area contributed by atoms with Gasteiger partial charge in [0, 0.05) is 31.9 Å². The summed E-state index contributed by atoms with van der Waals surface area (Å²) in [5, 5.41) is 24.2. The number of nitrogens with zero attached hydrogens (tertiary/aromatic N) is 10. The van der Waals surface area contributed by atoms with E-state index in [1.54, 1.807) is 51.8 Å². The summed E-state index contributed by atoms with van der Waals surface area (Å²) in [4.78, 5) is 8.95. The first-order valence-electron chi connectivity index (χ1n) is 11.6. The third kappa shape index (κ3) is 4.09. The Morgan fingerprint density at radius 1 is 0.974 bits per heavy atom. The lowest BCUT2D eigenvalue weighted by atomic mass is 10.0. The van der Waals surface area contributed by atoms with E-state index in [4.69, 9.17) is 4.74 Å². The van der Waals surface area contributed by atoms with Crippen molar-refractivity contribution in [3.05, 3.63) is 84.2 Å². The molecular formula is C25H22FN11O. The molecule has 190 valence electrons. The summed E-state index contributed by atoms with van der Waals surface area (Å²) in [6.45, 7) is 0. The standard InChI is InChI=1S/C25H22FN11O/c1-35-21(14-28-33-35)24(16-5-7-22(38-3)17(26)12-16)37-20-6-4-15(13-19(20)32-34-37)18-8-10-27-25(30-18)31-23-9-11-29-36(23)2/h4-14,24H,1-3H3,(H,27,30,31)/t24-/m1/s1. The number of hydrogen-bond donors (Lipinski definition) is 1. The van der Waals surface area contributed by atoms with Crippen LogP contribution in [0.25, 0.3) is 22.3 Å². The summed E-state index contributed by atoms with van der Waals surface area (Å²) in [6, 6.07) is 13.7. The number of aromatic nitrogens is 10. The third-order valence-corrected chi connectivity index (χ3v) is 6.25. The molecule has 0 aliphatic rings. The van der Waals surface area contributed by atoms with E-state index in [-0.39, 0.29) is 5.75 Å². The lowest BCUT2D eigenvalue weighted by Crippen LogP contribution is -2.17. The van der Waals surface area contributed by atoms with Crippen molar-refractivity contribution in [1.82, 2.24) is 49.7 Å². The number of fused-ring (bicyclic) bond motifs is 1. The lowest BCUT2D eigenvalue weighted by molar-refractivity contribution is 0.385. The fourth-order valence-corrected chi connectivity index (χ4v) is 4.32. The van der Waals surface area contributed by atoms with Gasteiger partial charge in [0.2, 0.25) is 5.95 Å². The molecule has 0 bridgehead atoms. The molecule has 38 heavy (non-hydrogen) atoms. The zero-order valence-corrected chi connectivity index (χ0v) is 20.7. The minimum atomic E-state index is -0.528. The number of aryl methyl sites for hydroxylation is 2. The molecule has 0 saturated heterocycles. The van der Waals surface area contributed by atoms with Gasteiger partial charge in [-0.2, -0.15) is 5.10 Å². The van der Waals surface area contributed by atoms with Crippen LogP contribution in [0.5, 0.6) is 5.75 Å². The molecule has 0 aliphatic carbocycles. The van der Waals surface area contributed by atoms with Crippen LogP contribution < -0.4 is 10.1 Å². The largest absolute Gasteiger partial charge is 0.494 e. The molecule has 0 spiro atoms. The van der Waals surface area contributed by atoms with Crippen molar-refractivity contribution >= 4 is 22.8 Å². The van der Waals surface area contributed by atoms with Gasteiger partial charge in [0.15, 0.2) is 11.6 Å². The Morgan fingerprint density at radius 2 is 1.87 bits per heavy atom. The molecule has 4 aromatic heterocycles. The van der Waals surface area contributed by atoms with Crippen LogP contribution in [0.1, 0.15) is 17.3 Å². The van der Waals surface area contributed by atoms with Crippen LogP contribution in [0.2, 0.25) is 0 Å². The SMILES string of the molecule is COc1ccc([C@H](c2cnnn2C)n2nnc3cc(-c4ccnc(Nc5ccnn5C)n4)ccc32)cc1F. The number of anilines is 2. The molecule has 1 atom stereocenters. The number of nitrogens with one attached hydrogen (secondary N) is 1. The van der Waals surface area contributed by atoms with Gasteiger partial charge in [-0.3, -0.25) is 4.68 Å². The van der Waals surface area contributed by atoms with Gasteiger partial charge in [0.25, 0.3) is 0 Å². The molecule has 0 fully saturated rings. The Labute approximate surface area is 215 Å². The van der Waals surface area contributed by atoms with Crippen LogP contribution in [0.4, 0.5) is 16.2 Å². The summed E-state index contributed by atoms with van der Waals surface area (Å²) >= 11 is 0. The second kappa shape index (κ2) is 9.35. The molecule has 0 radical (unpaired) electrons. The van der Waals surface area contributed by atoms with Crippen LogP contribution >= 0.6 is 0 Å². The second-order valence-electron chi connectivity index (χ2n) is 8.55. The van der Waals surface area contributed by atoms with E-state index in [1.807, 2.05) is 37.4 Å². The molecule has 0 unspecified atom stereocenters. The van der Waals surface area contributed by atoms with Gasteiger partial charge in [-0.1, -0.05) is 22.6 Å². The molecular weight excluding hydrogens is 489 g/mol. The van der Waals surface area contributed by atoms with E-state index >= 15 is 0 Å². The van der Waals surface area contributed by atoms with E-state index < -0.39 is 11.9 Å². The van der Waals surface area contributed by atoms with Crippen molar-refractivity contribution in [2.75, 3.05) is 12.4 Å². The van der Waals surface area contributed by atoms with Crippen LogP contribution in [0.3, 0.4) is 0 Å². The highest BCUT2D eigenvalue weighted by Crippen LogP contribution is 2.32. The van der Waals surface area contributed by atoms with E-state index in [1.165, 1.54) is 13.2 Å². The summed E-state index contributed by atoms with van der Waals surface area (Å²) in [7, 11) is 5.04. The van der Waals surface area contributed by atoms with Crippen LogP contribution in [0.15, 0.2) is 67.1 Å². The summed E-state index contributed by atoms with van der Waals surface area (Å²) in [5.41, 5.74) is 4.31. The zero-order chi connectivity index (χ0) is 26.2. The number of halogens is 1. The zero-order valence-electron chi connectivity index (χ0n) is 20.7. The molecule has 12 nitrogen and oxygen atoms in total. The quantitative estimate of drug-likeness (QED) is 0.344.